The van der Waals surface area contributed by atoms with E-state index in [0.717, 1.165) is 16.7 Å². The summed E-state index contributed by atoms with van der Waals surface area (Å²) in [7, 11) is 0. The van der Waals surface area contributed by atoms with Gasteiger partial charge in [-0.15, -0.1) is 0 Å². The summed E-state index contributed by atoms with van der Waals surface area (Å²) in [6, 6.07) is 16.5. The Kier molecular flexibility index (Phi) is 6.29. The van der Waals surface area contributed by atoms with Crippen molar-refractivity contribution in [2.24, 2.45) is 0 Å². The zero-order valence-electron chi connectivity index (χ0n) is 15.1. The first-order valence-corrected chi connectivity index (χ1v) is 10.1. The van der Waals surface area contributed by atoms with Crippen molar-refractivity contribution in [1.29, 1.82) is 0 Å². The van der Waals surface area contributed by atoms with Crippen LogP contribution in [0, 0.1) is 6.92 Å². The molecular weight excluding hydrogens is 378 g/mol. The van der Waals surface area contributed by atoms with Crippen LogP contribution in [0.5, 0.6) is 0 Å². The highest BCUT2D eigenvalue weighted by atomic mass is 32.2. The Labute approximate surface area is 168 Å². The lowest BCUT2D eigenvalue weighted by Crippen LogP contribution is -2.33. The molecule has 1 aliphatic rings. The van der Waals surface area contributed by atoms with Crippen LogP contribution < -0.4 is 0 Å². The number of carboxylic acids is 1. The van der Waals surface area contributed by atoms with Gasteiger partial charge in [0.15, 0.2) is 0 Å². The van der Waals surface area contributed by atoms with Crippen LogP contribution in [0.15, 0.2) is 48.5 Å². The van der Waals surface area contributed by atoms with E-state index in [4.69, 9.17) is 17.3 Å². The first kappa shape index (κ1) is 19.6. The Morgan fingerprint density at radius 1 is 1.19 bits per heavy atom. The molecule has 1 N–H and O–H groups in total. The molecule has 0 spiro atoms. The first-order chi connectivity index (χ1) is 13.0. The number of carbonyl (C=O) groups is 2. The topological polar surface area (TPSA) is 57.6 Å². The molecule has 1 heterocycles. The smallest absolute Gasteiger partial charge is 0.303 e. The number of thioether (sulfide) groups is 1. The van der Waals surface area contributed by atoms with Gasteiger partial charge in [0, 0.05) is 13.0 Å². The number of benzene rings is 2. The number of amides is 1. The third-order valence-corrected chi connectivity index (χ3v) is 6.15. The molecule has 1 unspecified atom stereocenters. The number of thiocarbonyl (C=S) groups is 1. The van der Waals surface area contributed by atoms with Gasteiger partial charge in [-0.25, -0.2) is 0 Å². The van der Waals surface area contributed by atoms with Gasteiger partial charge in [0.1, 0.15) is 4.32 Å². The van der Waals surface area contributed by atoms with Crippen molar-refractivity contribution in [2.75, 3.05) is 6.54 Å². The van der Waals surface area contributed by atoms with Crippen molar-refractivity contribution >= 4 is 40.2 Å². The summed E-state index contributed by atoms with van der Waals surface area (Å²) < 4.78 is 0.545. The summed E-state index contributed by atoms with van der Waals surface area (Å²) in [6.45, 7) is 2.43. The van der Waals surface area contributed by atoms with Gasteiger partial charge < -0.3 is 5.11 Å². The van der Waals surface area contributed by atoms with Gasteiger partial charge in [0.25, 0.3) is 0 Å². The number of aliphatic carboxylic acids is 1. The largest absolute Gasteiger partial charge is 0.481 e. The van der Waals surface area contributed by atoms with Gasteiger partial charge in [-0.1, -0.05) is 78.1 Å². The normalized spacial score (nSPS) is 16.8. The van der Waals surface area contributed by atoms with Crippen molar-refractivity contribution in [3.8, 4) is 11.1 Å². The molecule has 1 atom stereocenters. The number of hydrogen-bond acceptors (Lipinski definition) is 4. The zero-order valence-corrected chi connectivity index (χ0v) is 16.7. The highest BCUT2D eigenvalue weighted by molar-refractivity contribution is 8.24. The average molecular weight is 400 g/mol. The minimum atomic E-state index is -0.858. The fourth-order valence-electron chi connectivity index (χ4n) is 3.13. The number of carboxylic acid groups (broad SMARTS) is 1. The Bertz CT molecular complexity index is 864. The summed E-state index contributed by atoms with van der Waals surface area (Å²) in [5.41, 5.74) is 4.58. The molecule has 6 heteroatoms. The van der Waals surface area contributed by atoms with Crippen LogP contribution in [-0.2, 0) is 16.0 Å². The van der Waals surface area contributed by atoms with E-state index in [9.17, 15) is 9.59 Å². The van der Waals surface area contributed by atoms with Crippen LogP contribution in [0.2, 0.25) is 0 Å². The fraction of sp³-hybridized carbons (Fsp3) is 0.286. The molecule has 27 heavy (non-hydrogen) atoms. The van der Waals surface area contributed by atoms with Crippen molar-refractivity contribution < 1.29 is 14.7 Å². The highest BCUT2D eigenvalue weighted by Gasteiger charge is 2.36. The highest BCUT2D eigenvalue weighted by Crippen LogP contribution is 2.33. The van der Waals surface area contributed by atoms with Crippen molar-refractivity contribution in [3.05, 3.63) is 59.7 Å². The minimum absolute atomic E-state index is 0.0194. The molecule has 1 saturated heterocycles. The van der Waals surface area contributed by atoms with Crippen LogP contribution in [0.1, 0.15) is 24.0 Å². The van der Waals surface area contributed by atoms with E-state index in [0.29, 0.717) is 23.7 Å². The molecule has 2 aromatic carbocycles. The summed E-state index contributed by atoms with van der Waals surface area (Å²) in [4.78, 5) is 25.0. The molecular formula is C21H21NO3S2. The Hall–Kier alpha value is -2.18. The molecule has 4 nitrogen and oxygen atoms in total. The standard InChI is InChI=1S/C21H21NO3S2/c1-14-8-10-15(11-9-14)17-6-3-2-5-16(17)13-18-20(25)22(21(26)27-18)12-4-7-19(23)24/h2-3,5-6,8-11,18H,4,7,12-13H2,1H3,(H,23,24). The SMILES string of the molecule is Cc1ccc(-c2ccccc2CC2SC(=S)N(CCCC(=O)O)C2=O)cc1. The molecule has 0 aliphatic carbocycles. The van der Waals surface area contributed by atoms with Gasteiger partial charge in [-0.3, -0.25) is 14.5 Å². The van der Waals surface area contributed by atoms with E-state index in [2.05, 4.69) is 43.3 Å². The first-order valence-electron chi connectivity index (χ1n) is 8.84. The molecule has 1 amide bonds. The second-order valence-corrected chi connectivity index (χ2v) is 8.42. The van der Waals surface area contributed by atoms with Gasteiger partial charge in [0.2, 0.25) is 5.91 Å². The Morgan fingerprint density at radius 2 is 1.89 bits per heavy atom. The molecule has 1 aliphatic heterocycles. The number of aryl methyl sites for hydroxylation is 1. The van der Waals surface area contributed by atoms with Gasteiger partial charge in [-0.2, -0.15) is 0 Å². The van der Waals surface area contributed by atoms with E-state index < -0.39 is 5.97 Å². The van der Waals surface area contributed by atoms with Crippen LogP contribution in [0.25, 0.3) is 11.1 Å². The average Bonchev–Trinajstić information content (AvgIpc) is 2.90. The lowest BCUT2D eigenvalue weighted by Gasteiger charge is -2.15. The molecule has 1 fully saturated rings. The van der Waals surface area contributed by atoms with Crippen LogP contribution in [0.4, 0.5) is 0 Å². The maximum atomic E-state index is 12.8. The summed E-state index contributed by atoms with van der Waals surface area (Å²) in [6.07, 6.45) is 1.05. The van der Waals surface area contributed by atoms with Crippen LogP contribution in [-0.4, -0.2) is 38.0 Å². The van der Waals surface area contributed by atoms with Crippen LogP contribution in [0.3, 0.4) is 0 Å². The molecule has 0 saturated carbocycles. The van der Waals surface area contributed by atoms with Gasteiger partial charge in [0.05, 0.1) is 5.25 Å². The van der Waals surface area contributed by atoms with Crippen molar-refractivity contribution in [2.45, 2.75) is 31.4 Å². The van der Waals surface area contributed by atoms with Crippen LogP contribution >= 0.6 is 24.0 Å². The molecule has 0 radical (unpaired) electrons. The Morgan fingerprint density at radius 3 is 2.59 bits per heavy atom. The predicted octanol–water partition coefficient (Wildman–Crippen LogP) is 4.30. The molecule has 140 valence electrons. The molecule has 0 aromatic heterocycles. The minimum Gasteiger partial charge on any atom is -0.481 e. The number of carbonyl (C=O) groups excluding carboxylic acids is 1. The van der Waals surface area contributed by atoms with E-state index in [1.165, 1.54) is 17.3 Å². The third kappa shape index (κ3) is 4.76. The van der Waals surface area contributed by atoms with Gasteiger partial charge in [-0.05, 0) is 36.5 Å². The Balaban J connectivity index is 1.74. The lowest BCUT2D eigenvalue weighted by atomic mass is 9.96. The van der Waals surface area contributed by atoms with E-state index in [-0.39, 0.29) is 17.6 Å². The zero-order chi connectivity index (χ0) is 19.4. The summed E-state index contributed by atoms with van der Waals surface area (Å²) >= 11 is 6.75. The number of nitrogens with zero attached hydrogens (tertiary/aromatic N) is 1. The molecule has 0 bridgehead atoms. The number of hydrogen-bond donors (Lipinski definition) is 1. The number of rotatable bonds is 7. The second-order valence-electron chi connectivity index (χ2n) is 6.59. The van der Waals surface area contributed by atoms with E-state index in [1.807, 2.05) is 12.1 Å². The van der Waals surface area contributed by atoms with E-state index in [1.54, 1.807) is 4.90 Å². The fourth-order valence-corrected chi connectivity index (χ4v) is 4.70. The maximum Gasteiger partial charge on any atom is 0.303 e. The van der Waals surface area contributed by atoms with E-state index >= 15 is 0 Å². The van der Waals surface area contributed by atoms with Gasteiger partial charge >= 0.3 is 5.97 Å². The summed E-state index contributed by atoms with van der Waals surface area (Å²) in [5.74, 6) is -0.877. The lowest BCUT2D eigenvalue weighted by molar-refractivity contribution is -0.137. The molecule has 3 rings (SSSR count). The maximum absolute atomic E-state index is 12.8. The second kappa shape index (κ2) is 8.67. The third-order valence-electron chi connectivity index (χ3n) is 4.56. The monoisotopic (exact) mass is 399 g/mol. The quantitative estimate of drug-likeness (QED) is 0.704. The predicted molar refractivity (Wildman–Crippen MR) is 113 cm³/mol. The van der Waals surface area contributed by atoms with Crippen molar-refractivity contribution in [1.82, 2.24) is 4.90 Å². The summed E-state index contributed by atoms with van der Waals surface area (Å²) in [5, 5.41) is 8.52. The molecule has 2 aromatic rings. The van der Waals surface area contributed by atoms with Crippen molar-refractivity contribution in [3.63, 3.8) is 0 Å².